The smallest absolute Gasteiger partial charge is 0.410 e. The third kappa shape index (κ3) is 3.07. The van der Waals surface area contributed by atoms with Gasteiger partial charge in [-0.25, -0.2) is 4.79 Å². The Labute approximate surface area is 131 Å². The highest BCUT2D eigenvalue weighted by Gasteiger charge is 2.57. The number of amides is 2. The van der Waals surface area contributed by atoms with Crippen LogP contribution in [0.5, 0.6) is 0 Å². The molecule has 6 nitrogen and oxygen atoms in total. The van der Waals surface area contributed by atoms with Crippen LogP contribution in [0, 0.1) is 11.8 Å². The molecule has 0 aromatic rings. The van der Waals surface area contributed by atoms with Gasteiger partial charge in [-0.1, -0.05) is 0 Å². The zero-order valence-electron chi connectivity index (χ0n) is 13.6. The Morgan fingerprint density at radius 3 is 2.77 bits per heavy atom. The predicted octanol–water partition coefficient (Wildman–Crippen LogP) is 1.54. The van der Waals surface area contributed by atoms with Crippen LogP contribution in [0.25, 0.3) is 0 Å². The van der Waals surface area contributed by atoms with Gasteiger partial charge in [-0.3, -0.25) is 4.79 Å². The van der Waals surface area contributed by atoms with E-state index in [0.29, 0.717) is 13.1 Å². The summed E-state index contributed by atoms with van der Waals surface area (Å²) in [6.07, 6.45) is 2.86. The lowest BCUT2D eigenvalue weighted by Gasteiger charge is -2.35. The van der Waals surface area contributed by atoms with Crippen molar-refractivity contribution in [2.45, 2.75) is 57.8 Å². The first kappa shape index (κ1) is 15.6. The summed E-state index contributed by atoms with van der Waals surface area (Å²) in [4.78, 5) is 26.3. The zero-order chi connectivity index (χ0) is 15.9. The molecule has 1 saturated carbocycles. The minimum Gasteiger partial charge on any atom is -0.444 e. The van der Waals surface area contributed by atoms with Crippen LogP contribution in [0.3, 0.4) is 0 Å². The van der Waals surface area contributed by atoms with Crippen LogP contribution in [-0.2, 0) is 14.3 Å². The van der Waals surface area contributed by atoms with Gasteiger partial charge in [-0.05, 0) is 46.0 Å². The van der Waals surface area contributed by atoms with Crippen molar-refractivity contribution in [2.24, 2.45) is 11.8 Å². The highest BCUT2D eigenvalue weighted by Crippen LogP contribution is 2.46. The van der Waals surface area contributed by atoms with Gasteiger partial charge in [0.25, 0.3) is 0 Å². The fourth-order valence-electron chi connectivity index (χ4n) is 3.68. The molecule has 4 atom stereocenters. The first-order chi connectivity index (χ1) is 10.3. The molecule has 0 spiro atoms. The summed E-state index contributed by atoms with van der Waals surface area (Å²) < 4.78 is 10.9. The molecular formula is C16H26N2O4. The molecule has 22 heavy (non-hydrogen) atoms. The summed E-state index contributed by atoms with van der Waals surface area (Å²) in [7, 11) is 0. The molecule has 0 radical (unpaired) electrons. The third-order valence-electron chi connectivity index (χ3n) is 4.76. The van der Waals surface area contributed by atoms with E-state index in [2.05, 4.69) is 5.32 Å². The molecule has 0 aromatic carbocycles. The molecule has 3 saturated heterocycles. The van der Waals surface area contributed by atoms with Crippen LogP contribution in [-0.4, -0.2) is 54.3 Å². The largest absolute Gasteiger partial charge is 0.444 e. The second-order valence-electron chi connectivity index (χ2n) is 7.60. The summed E-state index contributed by atoms with van der Waals surface area (Å²) in [5, 5.41) is 2.99. The van der Waals surface area contributed by atoms with Gasteiger partial charge in [0, 0.05) is 25.7 Å². The van der Waals surface area contributed by atoms with Crippen LogP contribution >= 0.6 is 0 Å². The summed E-state index contributed by atoms with van der Waals surface area (Å²) in [6.45, 7) is 7.59. The zero-order valence-corrected chi connectivity index (χ0v) is 13.6. The van der Waals surface area contributed by atoms with Crippen molar-refractivity contribution < 1.29 is 19.1 Å². The van der Waals surface area contributed by atoms with Crippen molar-refractivity contribution in [3.63, 3.8) is 0 Å². The van der Waals surface area contributed by atoms with E-state index in [0.717, 1.165) is 25.9 Å². The lowest BCUT2D eigenvalue weighted by molar-refractivity contribution is -0.130. The van der Waals surface area contributed by atoms with Crippen molar-refractivity contribution in [3.05, 3.63) is 0 Å². The van der Waals surface area contributed by atoms with Crippen molar-refractivity contribution in [2.75, 3.05) is 19.7 Å². The number of carbonyl (C=O) groups excluding carboxylic acids is 2. The summed E-state index contributed by atoms with van der Waals surface area (Å²) in [6, 6.07) is 0.00402. The fraction of sp³-hybridized carbons (Fsp3) is 0.875. The van der Waals surface area contributed by atoms with Gasteiger partial charge in [-0.15, -0.1) is 0 Å². The Hall–Kier alpha value is -1.30. The molecule has 4 unspecified atom stereocenters. The molecule has 3 aliphatic heterocycles. The monoisotopic (exact) mass is 310 g/mol. The van der Waals surface area contributed by atoms with Crippen LogP contribution in [0.15, 0.2) is 0 Å². The Morgan fingerprint density at radius 2 is 2.14 bits per heavy atom. The van der Waals surface area contributed by atoms with E-state index in [1.807, 2.05) is 20.8 Å². The predicted molar refractivity (Wildman–Crippen MR) is 80.3 cm³/mol. The molecule has 2 bridgehead atoms. The maximum atomic E-state index is 12.4. The molecule has 1 N–H and O–H groups in total. The second-order valence-corrected chi connectivity index (χ2v) is 7.60. The third-order valence-corrected chi connectivity index (χ3v) is 4.76. The normalized spacial score (nSPS) is 33.5. The van der Waals surface area contributed by atoms with E-state index in [9.17, 15) is 9.59 Å². The van der Waals surface area contributed by atoms with Gasteiger partial charge in [0.2, 0.25) is 5.91 Å². The first-order valence-corrected chi connectivity index (χ1v) is 8.24. The summed E-state index contributed by atoms with van der Waals surface area (Å²) >= 11 is 0. The molecule has 4 aliphatic rings. The van der Waals surface area contributed by atoms with Gasteiger partial charge < -0.3 is 19.7 Å². The Kier molecular flexibility index (Phi) is 4.05. The molecule has 1 aliphatic carbocycles. The van der Waals surface area contributed by atoms with E-state index in [1.165, 1.54) is 0 Å². The van der Waals surface area contributed by atoms with Crippen LogP contribution < -0.4 is 5.32 Å². The van der Waals surface area contributed by atoms with E-state index in [4.69, 9.17) is 9.47 Å². The number of hydrogen-bond donors (Lipinski definition) is 1. The second kappa shape index (κ2) is 5.72. The number of nitrogens with one attached hydrogen (secondary N) is 1. The van der Waals surface area contributed by atoms with E-state index in [1.54, 1.807) is 4.90 Å². The lowest BCUT2D eigenvalue weighted by Crippen LogP contribution is -2.50. The van der Waals surface area contributed by atoms with Crippen molar-refractivity contribution in [1.29, 1.82) is 0 Å². The number of nitrogens with zero attached hydrogens (tertiary/aromatic N) is 1. The lowest BCUT2D eigenvalue weighted by atomic mass is 9.73. The van der Waals surface area contributed by atoms with E-state index >= 15 is 0 Å². The van der Waals surface area contributed by atoms with Gasteiger partial charge in [0.15, 0.2) is 0 Å². The number of rotatable bonds is 3. The quantitative estimate of drug-likeness (QED) is 0.858. The van der Waals surface area contributed by atoms with Gasteiger partial charge in [0.05, 0.1) is 12.0 Å². The minimum atomic E-state index is -0.498. The Bertz CT molecular complexity index is 454. The van der Waals surface area contributed by atoms with E-state index < -0.39 is 5.60 Å². The number of fused-ring (bicyclic) bond motifs is 1. The number of hydrogen-bond acceptors (Lipinski definition) is 4. The van der Waals surface area contributed by atoms with Crippen LogP contribution in [0.2, 0.25) is 0 Å². The molecule has 3 heterocycles. The fourth-order valence-corrected chi connectivity index (χ4v) is 3.68. The van der Waals surface area contributed by atoms with Gasteiger partial charge >= 0.3 is 6.09 Å². The van der Waals surface area contributed by atoms with Crippen molar-refractivity contribution >= 4 is 12.0 Å². The van der Waals surface area contributed by atoms with E-state index in [-0.39, 0.29) is 36.0 Å². The molecule has 2 amide bonds. The average molecular weight is 310 g/mol. The maximum absolute atomic E-state index is 12.4. The molecule has 0 aromatic heterocycles. The van der Waals surface area contributed by atoms with Crippen LogP contribution in [0.1, 0.15) is 40.0 Å². The molecular weight excluding hydrogens is 284 g/mol. The SMILES string of the molecule is CC(C)(C)OC(=O)N1CC2CC1C2C(=O)NCC1CCCO1. The molecule has 4 fully saturated rings. The number of carbonyl (C=O) groups is 2. The van der Waals surface area contributed by atoms with Gasteiger partial charge in [-0.2, -0.15) is 0 Å². The summed E-state index contributed by atoms with van der Waals surface area (Å²) in [5.41, 5.74) is -0.498. The molecule has 6 heteroatoms. The summed E-state index contributed by atoms with van der Waals surface area (Å²) in [5.74, 6) is 0.263. The highest BCUT2D eigenvalue weighted by molar-refractivity contribution is 5.83. The Morgan fingerprint density at radius 1 is 1.36 bits per heavy atom. The topological polar surface area (TPSA) is 67.9 Å². The maximum Gasteiger partial charge on any atom is 0.410 e. The minimum absolute atomic E-state index is 0.00402. The highest BCUT2D eigenvalue weighted by atomic mass is 16.6. The Balaban J connectivity index is 1.50. The van der Waals surface area contributed by atoms with Crippen molar-refractivity contribution in [3.8, 4) is 0 Å². The molecule has 4 rings (SSSR count). The van der Waals surface area contributed by atoms with Crippen LogP contribution in [0.4, 0.5) is 4.79 Å². The standard InChI is InChI=1S/C16H26N2O4/c1-16(2,3)22-15(20)18-9-10-7-12(18)13(10)14(19)17-8-11-5-4-6-21-11/h10-13H,4-9H2,1-3H3,(H,17,19). The average Bonchev–Trinajstić information content (AvgIpc) is 3.09. The molecule has 124 valence electrons. The van der Waals surface area contributed by atoms with Crippen molar-refractivity contribution in [1.82, 2.24) is 10.2 Å². The first-order valence-electron chi connectivity index (χ1n) is 8.24. The number of ether oxygens (including phenoxy) is 2. The van der Waals surface area contributed by atoms with Gasteiger partial charge in [0.1, 0.15) is 5.60 Å².